The first-order chi connectivity index (χ1) is 7.48. The third-order valence-corrected chi connectivity index (χ3v) is 4.21. The Kier molecular flexibility index (Phi) is 2.82. The van der Waals surface area contributed by atoms with E-state index in [9.17, 15) is 5.11 Å². The molecule has 0 amide bonds. The Morgan fingerprint density at radius 3 is 2.25 bits per heavy atom. The van der Waals surface area contributed by atoms with Crippen LogP contribution >= 0.6 is 0 Å². The highest BCUT2D eigenvalue weighted by Gasteiger charge is 2.46. The third kappa shape index (κ3) is 1.49. The summed E-state index contributed by atoms with van der Waals surface area (Å²) in [5.74, 6) is 1.31. The molecule has 0 spiro atoms. The van der Waals surface area contributed by atoms with Gasteiger partial charge >= 0.3 is 0 Å². The van der Waals surface area contributed by atoms with Crippen LogP contribution in [-0.2, 0) is 5.60 Å². The summed E-state index contributed by atoms with van der Waals surface area (Å²) < 4.78 is 5.20. The molecule has 90 valence electrons. The molecule has 1 fully saturated rings. The van der Waals surface area contributed by atoms with Gasteiger partial charge in [-0.1, -0.05) is 25.4 Å². The van der Waals surface area contributed by atoms with Crippen LogP contribution in [-0.4, -0.2) is 10.3 Å². The highest BCUT2D eigenvalue weighted by atomic mass is 16.5. The van der Waals surface area contributed by atoms with Crippen molar-refractivity contribution in [1.29, 1.82) is 0 Å². The standard InChI is InChI=1S/C13H21NO2/c1-8-6-5-7-9(2)13(8,15)12-10(3)14-16-11(12)4/h8-9,15H,5-7H2,1-4H3/t8-,9+,13?. The molecular weight excluding hydrogens is 202 g/mol. The summed E-state index contributed by atoms with van der Waals surface area (Å²) in [6.45, 7) is 8.06. The molecule has 3 nitrogen and oxygen atoms in total. The monoisotopic (exact) mass is 223 g/mol. The lowest BCUT2D eigenvalue weighted by atomic mass is 9.66. The van der Waals surface area contributed by atoms with Gasteiger partial charge in [0, 0.05) is 5.56 Å². The minimum atomic E-state index is -0.758. The van der Waals surface area contributed by atoms with E-state index in [0.29, 0.717) is 0 Å². The topological polar surface area (TPSA) is 46.3 Å². The molecule has 0 saturated heterocycles. The summed E-state index contributed by atoms with van der Waals surface area (Å²) in [5.41, 5.74) is 1.000. The molecule has 16 heavy (non-hydrogen) atoms. The molecule has 1 aliphatic rings. The highest BCUT2D eigenvalue weighted by molar-refractivity contribution is 5.30. The molecule has 3 atom stereocenters. The van der Waals surface area contributed by atoms with Gasteiger partial charge in [0.1, 0.15) is 5.76 Å². The van der Waals surface area contributed by atoms with E-state index in [-0.39, 0.29) is 11.8 Å². The van der Waals surface area contributed by atoms with Crippen molar-refractivity contribution in [1.82, 2.24) is 5.16 Å². The van der Waals surface area contributed by atoms with Crippen LogP contribution in [0.1, 0.15) is 50.1 Å². The molecule has 1 saturated carbocycles. The van der Waals surface area contributed by atoms with Crippen molar-refractivity contribution in [2.45, 2.75) is 52.6 Å². The van der Waals surface area contributed by atoms with Crippen LogP contribution < -0.4 is 0 Å². The second-order valence-electron chi connectivity index (χ2n) is 5.26. The zero-order valence-corrected chi connectivity index (χ0v) is 10.6. The van der Waals surface area contributed by atoms with Crippen molar-refractivity contribution >= 4 is 0 Å². The molecule has 0 bridgehead atoms. The van der Waals surface area contributed by atoms with Gasteiger partial charge in [0.15, 0.2) is 0 Å². The number of hydrogen-bond donors (Lipinski definition) is 1. The fourth-order valence-electron chi connectivity index (χ4n) is 3.20. The quantitative estimate of drug-likeness (QED) is 0.796. The first kappa shape index (κ1) is 11.6. The molecule has 1 aromatic rings. The Bertz CT molecular complexity index is 354. The second kappa shape index (κ2) is 3.88. The fourth-order valence-corrected chi connectivity index (χ4v) is 3.20. The normalized spacial score (nSPS) is 35.3. The lowest BCUT2D eigenvalue weighted by molar-refractivity contribution is -0.0905. The molecule has 0 aliphatic heterocycles. The van der Waals surface area contributed by atoms with Crippen molar-refractivity contribution in [2.24, 2.45) is 11.8 Å². The van der Waals surface area contributed by atoms with Gasteiger partial charge in [-0.3, -0.25) is 0 Å². The molecule has 3 heteroatoms. The van der Waals surface area contributed by atoms with Crippen molar-refractivity contribution < 1.29 is 9.63 Å². The summed E-state index contributed by atoms with van der Waals surface area (Å²) >= 11 is 0. The molecule has 1 aromatic heterocycles. The van der Waals surface area contributed by atoms with E-state index in [1.165, 1.54) is 6.42 Å². The molecule has 1 heterocycles. The molecule has 1 N–H and O–H groups in total. The Balaban J connectivity index is 2.50. The second-order valence-corrected chi connectivity index (χ2v) is 5.26. The van der Waals surface area contributed by atoms with Gasteiger partial charge in [-0.25, -0.2) is 0 Å². The number of hydrogen-bond acceptors (Lipinski definition) is 3. The van der Waals surface area contributed by atoms with Crippen LogP contribution in [0.5, 0.6) is 0 Å². The fraction of sp³-hybridized carbons (Fsp3) is 0.769. The molecule has 1 unspecified atom stereocenters. The summed E-state index contributed by atoms with van der Waals surface area (Å²) in [5, 5.41) is 15.0. The number of aromatic nitrogens is 1. The maximum Gasteiger partial charge on any atom is 0.140 e. The van der Waals surface area contributed by atoms with Crippen molar-refractivity contribution in [2.75, 3.05) is 0 Å². The highest BCUT2D eigenvalue weighted by Crippen LogP contribution is 2.47. The van der Waals surface area contributed by atoms with Gasteiger partial charge in [-0.15, -0.1) is 0 Å². The average Bonchev–Trinajstić information content (AvgIpc) is 2.55. The van der Waals surface area contributed by atoms with Gasteiger partial charge < -0.3 is 9.63 Å². The Labute approximate surface area is 96.8 Å². The molecular formula is C13H21NO2. The van der Waals surface area contributed by atoms with Crippen molar-refractivity contribution in [3.63, 3.8) is 0 Å². The predicted octanol–water partition coefficient (Wildman–Crippen LogP) is 2.94. The minimum Gasteiger partial charge on any atom is -0.384 e. The molecule has 0 aromatic carbocycles. The smallest absolute Gasteiger partial charge is 0.140 e. The van der Waals surface area contributed by atoms with E-state index < -0.39 is 5.60 Å². The molecule has 0 radical (unpaired) electrons. The van der Waals surface area contributed by atoms with Crippen LogP contribution in [0.25, 0.3) is 0 Å². The number of aliphatic hydroxyl groups is 1. The van der Waals surface area contributed by atoms with Crippen LogP contribution in [0.15, 0.2) is 4.52 Å². The lowest BCUT2D eigenvalue weighted by Crippen LogP contribution is -2.43. The van der Waals surface area contributed by atoms with Crippen LogP contribution in [0.4, 0.5) is 0 Å². The van der Waals surface area contributed by atoms with E-state index >= 15 is 0 Å². The number of rotatable bonds is 1. The van der Waals surface area contributed by atoms with E-state index in [2.05, 4.69) is 19.0 Å². The molecule has 2 rings (SSSR count). The van der Waals surface area contributed by atoms with E-state index in [1.54, 1.807) is 0 Å². The summed E-state index contributed by atoms with van der Waals surface area (Å²) in [4.78, 5) is 0. The van der Waals surface area contributed by atoms with E-state index in [4.69, 9.17) is 4.52 Å². The van der Waals surface area contributed by atoms with Crippen LogP contribution in [0.2, 0.25) is 0 Å². The van der Waals surface area contributed by atoms with Crippen LogP contribution in [0, 0.1) is 25.7 Å². The van der Waals surface area contributed by atoms with Crippen molar-refractivity contribution in [3.05, 3.63) is 17.0 Å². The van der Waals surface area contributed by atoms with Crippen molar-refractivity contribution in [3.8, 4) is 0 Å². The number of nitrogens with zero attached hydrogens (tertiary/aromatic N) is 1. The zero-order chi connectivity index (χ0) is 11.9. The summed E-state index contributed by atoms with van der Waals surface area (Å²) in [6, 6.07) is 0. The first-order valence-electron chi connectivity index (χ1n) is 6.13. The zero-order valence-electron chi connectivity index (χ0n) is 10.6. The summed E-state index contributed by atoms with van der Waals surface area (Å²) in [6.07, 6.45) is 3.35. The maximum atomic E-state index is 11.0. The van der Waals surface area contributed by atoms with E-state index in [1.807, 2.05) is 13.8 Å². The largest absolute Gasteiger partial charge is 0.384 e. The van der Waals surface area contributed by atoms with Gasteiger partial charge in [0.2, 0.25) is 0 Å². The predicted molar refractivity (Wildman–Crippen MR) is 62.1 cm³/mol. The summed E-state index contributed by atoms with van der Waals surface area (Å²) in [7, 11) is 0. The molecule has 1 aliphatic carbocycles. The Morgan fingerprint density at radius 1 is 1.25 bits per heavy atom. The minimum absolute atomic E-state index is 0.271. The third-order valence-electron chi connectivity index (χ3n) is 4.21. The lowest BCUT2D eigenvalue weighted by Gasteiger charge is -2.43. The Hall–Kier alpha value is -0.830. The van der Waals surface area contributed by atoms with Gasteiger partial charge in [0.05, 0.1) is 11.3 Å². The van der Waals surface area contributed by atoms with E-state index in [0.717, 1.165) is 29.9 Å². The first-order valence-corrected chi connectivity index (χ1v) is 6.13. The average molecular weight is 223 g/mol. The van der Waals surface area contributed by atoms with Gasteiger partial charge in [-0.05, 0) is 38.5 Å². The van der Waals surface area contributed by atoms with Gasteiger partial charge in [0.25, 0.3) is 0 Å². The van der Waals surface area contributed by atoms with Crippen LogP contribution in [0.3, 0.4) is 0 Å². The Morgan fingerprint density at radius 2 is 1.81 bits per heavy atom. The van der Waals surface area contributed by atoms with Gasteiger partial charge in [-0.2, -0.15) is 0 Å². The number of aryl methyl sites for hydroxylation is 2. The maximum absolute atomic E-state index is 11.0. The SMILES string of the molecule is Cc1noc(C)c1C1(O)[C@H](C)CCC[C@@H]1C.